The number of hydrogen-bond acceptors (Lipinski definition) is 2. The van der Waals surface area contributed by atoms with Crippen LogP contribution in [0.3, 0.4) is 0 Å². The lowest BCUT2D eigenvalue weighted by molar-refractivity contribution is -0.661. The van der Waals surface area contributed by atoms with E-state index in [-0.39, 0.29) is 6.10 Å². The molecule has 0 bridgehead atoms. The zero-order valence-corrected chi connectivity index (χ0v) is 12.6. The lowest BCUT2D eigenvalue weighted by atomic mass is 10.1. The zero-order chi connectivity index (χ0) is 13.7. The second-order valence-corrected chi connectivity index (χ2v) is 5.40. The van der Waals surface area contributed by atoms with Crippen LogP contribution in [0.2, 0.25) is 0 Å². The summed E-state index contributed by atoms with van der Waals surface area (Å²) in [4.78, 5) is 0. The lowest BCUT2D eigenvalue weighted by Crippen LogP contribution is -2.87. The van der Waals surface area contributed by atoms with Crippen molar-refractivity contribution >= 4 is 26.7 Å². The Balaban J connectivity index is 1.96. The molecular weight excluding hydrogens is 306 g/mol. The first-order chi connectivity index (χ1) is 9.18. The van der Waals surface area contributed by atoms with Crippen LogP contribution in [0.25, 0.3) is 10.8 Å². The summed E-state index contributed by atoms with van der Waals surface area (Å²) in [5.41, 5.74) is 0. The fraction of sp³-hybridized carbons (Fsp3) is 0.333. The summed E-state index contributed by atoms with van der Waals surface area (Å²) in [5, 5.41) is 13.6. The van der Waals surface area contributed by atoms with Gasteiger partial charge in [-0.15, -0.1) is 0 Å². The zero-order valence-electron chi connectivity index (χ0n) is 11.0. The van der Waals surface area contributed by atoms with Crippen LogP contribution in [0.15, 0.2) is 40.9 Å². The predicted octanol–water partition coefficient (Wildman–Crippen LogP) is 1.93. The van der Waals surface area contributed by atoms with E-state index in [1.54, 1.807) is 6.92 Å². The molecule has 19 heavy (non-hydrogen) atoms. The lowest BCUT2D eigenvalue weighted by Gasteiger charge is -2.10. The molecule has 0 radical (unpaired) electrons. The number of quaternary nitrogens is 1. The maximum absolute atomic E-state index is 9.15. The van der Waals surface area contributed by atoms with Crippen molar-refractivity contribution in [2.24, 2.45) is 0 Å². The molecule has 0 aromatic heterocycles. The standard InChI is InChI=1S/C15H18BrNO2/c1-11(18)10-17-8-9-19-14-7-6-12-4-2-3-5-13(12)15(14)16/h2-7,11,17-18H,8-10H2,1H3/p+1/t11-/m1/s1. The van der Waals surface area contributed by atoms with Crippen LogP contribution in [0.1, 0.15) is 6.92 Å². The molecule has 0 unspecified atom stereocenters. The normalized spacial score (nSPS) is 12.6. The van der Waals surface area contributed by atoms with Crippen LogP contribution in [0.5, 0.6) is 5.75 Å². The first-order valence-corrected chi connectivity index (χ1v) is 7.27. The van der Waals surface area contributed by atoms with E-state index >= 15 is 0 Å². The van der Waals surface area contributed by atoms with E-state index in [1.165, 1.54) is 5.39 Å². The summed E-state index contributed by atoms with van der Waals surface area (Å²) in [7, 11) is 0. The molecule has 0 spiro atoms. The maximum Gasteiger partial charge on any atom is 0.137 e. The van der Waals surface area contributed by atoms with Gasteiger partial charge in [-0.1, -0.05) is 30.3 Å². The summed E-state index contributed by atoms with van der Waals surface area (Å²) in [6, 6.07) is 12.3. The molecule has 0 aliphatic carbocycles. The Kier molecular flexibility index (Phi) is 5.19. The third kappa shape index (κ3) is 3.93. The summed E-state index contributed by atoms with van der Waals surface area (Å²) in [6.45, 7) is 3.97. The molecule has 0 saturated heterocycles. The van der Waals surface area contributed by atoms with Crippen LogP contribution in [-0.2, 0) is 0 Å². The molecule has 3 N–H and O–H groups in total. The number of rotatable bonds is 6. The highest BCUT2D eigenvalue weighted by Gasteiger charge is 2.06. The van der Waals surface area contributed by atoms with E-state index in [2.05, 4.69) is 39.4 Å². The van der Waals surface area contributed by atoms with E-state index in [9.17, 15) is 0 Å². The summed E-state index contributed by atoms with van der Waals surface area (Å²) >= 11 is 3.60. The van der Waals surface area contributed by atoms with Crippen LogP contribution < -0.4 is 10.1 Å². The van der Waals surface area contributed by atoms with Gasteiger partial charge in [0.05, 0.1) is 10.6 Å². The molecule has 0 fully saturated rings. The first kappa shape index (κ1) is 14.3. The molecular formula is C15H19BrNO2+. The molecule has 0 aliphatic rings. The van der Waals surface area contributed by atoms with Gasteiger partial charge in [0.2, 0.25) is 0 Å². The Bertz CT molecular complexity index is 543. The Morgan fingerprint density at radius 3 is 2.84 bits per heavy atom. The number of ether oxygens (including phenoxy) is 1. The van der Waals surface area contributed by atoms with Gasteiger partial charge < -0.3 is 15.2 Å². The van der Waals surface area contributed by atoms with Gasteiger partial charge in [-0.3, -0.25) is 0 Å². The molecule has 0 aliphatic heterocycles. The van der Waals surface area contributed by atoms with Crippen molar-refractivity contribution in [1.29, 1.82) is 0 Å². The number of halogens is 1. The fourth-order valence-electron chi connectivity index (χ4n) is 1.94. The smallest absolute Gasteiger partial charge is 0.137 e. The van der Waals surface area contributed by atoms with Crippen molar-refractivity contribution < 1.29 is 15.2 Å². The molecule has 0 heterocycles. The molecule has 102 valence electrons. The van der Waals surface area contributed by atoms with Crippen LogP contribution in [-0.4, -0.2) is 30.9 Å². The number of fused-ring (bicyclic) bond motifs is 1. The Morgan fingerprint density at radius 1 is 1.26 bits per heavy atom. The van der Waals surface area contributed by atoms with Gasteiger partial charge in [-0.25, -0.2) is 0 Å². The van der Waals surface area contributed by atoms with Gasteiger partial charge in [-0.05, 0) is 39.7 Å². The molecule has 0 saturated carbocycles. The number of nitrogens with two attached hydrogens (primary N) is 1. The third-order valence-corrected chi connectivity index (χ3v) is 3.73. The number of aliphatic hydroxyl groups is 1. The quantitative estimate of drug-likeness (QED) is 0.797. The van der Waals surface area contributed by atoms with E-state index in [4.69, 9.17) is 9.84 Å². The Hall–Kier alpha value is -1.10. The second kappa shape index (κ2) is 6.89. The van der Waals surface area contributed by atoms with Crippen molar-refractivity contribution in [2.75, 3.05) is 19.7 Å². The average Bonchev–Trinajstić information content (AvgIpc) is 2.41. The number of hydrogen-bond donors (Lipinski definition) is 2. The largest absolute Gasteiger partial charge is 0.487 e. The molecule has 4 heteroatoms. The van der Waals surface area contributed by atoms with Crippen LogP contribution in [0.4, 0.5) is 0 Å². The summed E-state index contributed by atoms with van der Waals surface area (Å²) < 4.78 is 6.77. The SMILES string of the molecule is C[C@@H](O)C[NH2+]CCOc1ccc2ccccc2c1Br. The highest BCUT2D eigenvalue weighted by atomic mass is 79.9. The van der Waals surface area contributed by atoms with Crippen molar-refractivity contribution in [2.45, 2.75) is 13.0 Å². The Labute approximate surface area is 121 Å². The molecule has 2 aromatic carbocycles. The second-order valence-electron chi connectivity index (χ2n) is 4.61. The number of benzene rings is 2. The van der Waals surface area contributed by atoms with Gasteiger partial charge in [-0.2, -0.15) is 0 Å². The van der Waals surface area contributed by atoms with Crippen LogP contribution >= 0.6 is 15.9 Å². The maximum atomic E-state index is 9.15. The van der Waals surface area contributed by atoms with Gasteiger partial charge in [0.1, 0.15) is 25.4 Å². The summed E-state index contributed by atoms with van der Waals surface area (Å²) in [6.07, 6.45) is -0.271. The average molecular weight is 325 g/mol. The van der Waals surface area contributed by atoms with Crippen molar-refractivity contribution in [3.05, 3.63) is 40.9 Å². The molecule has 3 nitrogen and oxygen atoms in total. The number of aliphatic hydroxyl groups excluding tert-OH is 1. The monoisotopic (exact) mass is 324 g/mol. The van der Waals surface area contributed by atoms with Crippen molar-refractivity contribution in [3.63, 3.8) is 0 Å². The van der Waals surface area contributed by atoms with Crippen LogP contribution in [0, 0.1) is 0 Å². The predicted molar refractivity (Wildman–Crippen MR) is 80.5 cm³/mol. The minimum absolute atomic E-state index is 0.271. The van der Waals surface area contributed by atoms with Gasteiger partial charge in [0.15, 0.2) is 0 Å². The molecule has 1 atom stereocenters. The minimum Gasteiger partial charge on any atom is -0.487 e. The fourth-order valence-corrected chi connectivity index (χ4v) is 2.54. The van der Waals surface area contributed by atoms with Crippen molar-refractivity contribution in [1.82, 2.24) is 0 Å². The van der Waals surface area contributed by atoms with Crippen molar-refractivity contribution in [3.8, 4) is 5.75 Å². The summed E-state index contributed by atoms with van der Waals surface area (Å²) in [5.74, 6) is 0.865. The molecule has 2 aromatic rings. The van der Waals surface area contributed by atoms with Gasteiger partial charge >= 0.3 is 0 Å². The van der Waals surface area contributed by atoms with E-state index in [0.29, 0.717) is 13.2 Å². The highest BCUT2D eigenvalue weighted by molar-refractivity contribution is 9.10. The van der Waals surface area contributed by atoms with Gasteiger partial charge in [0.25, 0.3) is 0 Å². The van der Waals surface area contributed by atoms with E-state index in [1.807, 2.05) is 18.2 Å². The highest BCUT2D eigenvalue weighted by Crippen LogP contribution is 2.32. The topological polar surface area (TPSA) is 46.1 Å². The third-order valence-electron chi connectivity index (χ3n) is 2.92. The Morgan fingerprint density at radius 2 is 2.05 bits per heavy atom. The van der Waals surface area contributed by atoms with E-state index in [0.717, 1.165) is 22.2 Å². The minimum atomic E-state index is -0.271. The first-order valence-electron chi connectivity index (χ1n) is 6.48. The van der Waals surface area contributed by atoms with Gasteiger partial charge in [0, 0.05) is 0 Å². The molecule has 0 amide bonds. The van der Waals surface area contributed by atoms with E-state index < -0.39 is 0 Å². The molecule has 2 rings (SSSR count).